The molecule has 0 radical (unpaired) electrons. The molecule has 1 aromatic carbocycles. The van der Waals surface area contributed by atoms with Crippen LogP contribution in [0.15, 0.2) is 30.3 Å². The molecule has 0 atom stereocenters. The van der Waals surface area contributed by atoms with E-state index in [1.54, 1.807) is 0 Å². The lowest BCUT2D eigenvalue weighted by Gasteiger charge is -2.40. The van der Waals surface area contributed by atoms with Crippen LogP contribution in [-0.4, -0.2) is 30.7 Å². The summed E-state index contributed by atoms with van der Waals surface area (Å²) in [6, 6.07) is 11.1. The Hall–Kier alpha value is -0.820. The quantitative estimate of drug-likeness (QED) is 0.0450. The number of aryl methyl sites for hydroxylation is 1. The Bertz CT molecular complexity index is 1130. The third-order valence-electron chi connectivity index (χ3n) is 19.4. The first kappa shape index (κ1) is 77.2. The number of benzene rings is 1. The third kappa shape index (κ3) is 58.9. The van der Waals surface area contributed by atoms with E-state index >= 15 is 0 Å². The molecule has 0 heterocycles. The molecule has 0 aromatic heterocycles. The largest absolute Gasteiger partial charge is 0.324 e. The van der Waals surface area contributed by atoms with Crippen molar-refractivity contribution in [2.45, 2.75) is 445 Å². The second-order valence-electron chi connectivity index (χ2n) is 27.4. The van der Waals surface area contributed by atoms with Gasteiger partial charge < -0.3 is 4.48 Å². The fourth-order valence-corrected chi connectivity index (χ4v) is 13.7. The number of hydrogen-bond acceptors (Lipinski definition) is 0. The van der Waals surface area contributed by atoms with Gasteiger partial charge in [0.1, 0.15) is 0 Å². The molecule has 0 aliphatic rings. The second kappa shape index (κ2) is 67.3. The van der Waals surface area contributed by atoms with Gasteiger partial charge in [-0.3, -0.25) is 0 Å². The van der Waals surface area contributed by atoms with Gasteiger partial charge in [0.25, 0.3) is 0 Å². The first-order valence-corrected chi connectivity index (χ1v) is 38.7. The average Bonchev–Trinajstić information content (AvgIpc) is 3.48. The highest BCUT2D eigenvalue weighted by Gasteiger charge is 2.26. The molecule has 0 unspecified atom stereocenters. The van der Waals surface area contributed by atoms with E-state index in [0.717, 1.165) is 0 Å². The standard InChI is InChI=1S/C79H154N/c1-4-7-10-13-16-19-22-25-28-35-40-45-50-55-60-68-75-80(76-69-61-56-51-46-41-36-29-26-23-20-17-14-11-8-5-2,77-70-62-57-52-47-42-37-30-27-24-21-18-15-12-9-6-3)78-71-63-58-53-48-43-38-33-31-32-34-39-44-49-54-59-65-72-79-73-66-64-67-74-79/h64,66-67,73-74H,4-63,65,68-72,75-78H2,1-3H3/q+1. The molecule has 0 fully saturated rings. The van der Waals surface area contributed by atoms with Crippen molar-refractivity contribution in [3.05, 3.63) is 35.9 Å². The maximum absolute atomic E-state index is 2.33. The molecule has 1 aromatic rings. The van der Waals surface area contributed by atoms with Crippen molar-refractivity contribution in [3.63, 3.8) is 0 Å². The van der Waals surface area contributed by atoms with Crippen molar-refractivity contribution in [1.82, 2.24) is 0 Å². The van der Waals surface area contributed by atoms with Crippen LogP contribution in [0.1, 0.15) is 444 Å². The van der Waals surface area contributed by atoms with Crippen LogP contribution in [0.4, 0.5) is 0 Å². The Morgan fingerprint density at radius 2 is 0.325 bits per heavy atom. The second-order valence-corrected chi connectivity index (χ2v) is 27.4. The minimum absolute atomic E-state index is 1.26. The Morgan fingerprint density at radius 1 is 0.175 bits per heavy atom. The van der Waals surface area contributed by atoms with Gasteiger partial charge in [0.05, 0.1) is 26.2 Å². The molecule has 0 saturated carbocycles. The van der Waals surface area contributed by atoms with Crippen molar-refractivity contribution < 1.29 is 4.48 Å². The summed E-state index contributed by atoms with van der Waals surface area (Å²) in [5, 5.41) is 0. The van der Waals surface area contributed by atoms with Crippen molar-refractivity contribution >= 4 is 0 Å². The van der Waals surface area contributed by atoms with E-state index in [1.165, 1.54) is 460 Å². The summed E-state index contributed by atoms with van der Waals surface area (Å²) in [6.45, 7) is 13.0. The molecule has 0 aliphatic heterocycles. The first-order chi connectivity index (χ1) is 39.8. The van der Waals surface area contributed by atoms with E-state index in [9.17, 15) is 0 Å². The maximum atomic E-state index is 2.33. The van der Waals surface area contributed by atoms with Crippen LogP contribution in [0.2, 0.25) is 0 Å². The summed E-state index contributed by atoms with van der Waals surface area (Å²) < 4.78 is 1.49. The molecule has 0 bridgehead atoms. The van der Waals surface area contributed by atoms with Crippen molar-refractivity contribution in [2.75, 3.05) is 26.2 Å². The lowest BCUT2D eigenvalue weighted by Crippen LogP contribution is -2.50. The van der Waals surface area contributed by atoms with Crippen LogP contribution in [-0.2, 0) is 6.42 Å². The molecule has 80 heavy (non-hydrogen) atoms. The number of rotatable bonds is 71. The smallest absolute Gasteiger partial charge is 0.0786 e. The first-order valence-electron chi connectivity index (χ1n) is 38.7. The predicted molar refractivity (Wildman–Crippen MR) is 367 cm³/mol. The Labute approximate surface area is 508 Å². The average molecular weight is 1120 g/mol. The molecule has 0 spiro atoms. The van der Waals surface area contributed by atoms with Crippen LogP contribution in [0.3, 0.4) is 0 Å². The van der Waals surface area contributed by atoms with Crippen LogP contribution in [0.25, 0.3) is 0 Å². The molecule has 1 rings (SSSR count). The van der Waals surface area contributed by atoms with Crippen molar-refractivity contribution in [2.24, 2.45) is 0 Å². The highest BCUT2D eigenvalue weighted by atomic mass is 15.3. The van der Waals surface area contributed by atoms with E-state index in [1.807, 2.05) is 0 Å². The summed E-state index contributed by atoms with van der Waals surface area (Å²) in [4.78, 5) is 0. The van der Waals surface area contributed by atoms with Crippen LogP contribution < -0.4 is 0 Å². The molecular formula is C79H154N+. The summed E-state index contributed by atoms with van der Waals surface area (Å²) >= 11 is 0. The van der Waals surface area contributed by atoms with E-state index in [-0.39, 0.29) is 0 Å². The minimum Gasteiger partial charge on any atom is -0.324 e. The van der Waals surface area contributed by atoms with E-state index < -0.39 is 0 Å². The van der Waals surface area contributed by atoms with E-state index in [0.29, 0.717) is 0 Å². The van der Waals surface area contributed by atoms with Crippen molar-refractivity contribution in [3.8, 4) is 0 Å². The number of hydrogen-bond donors (Lipinski definition) is 0. The van der Waals surface area contributed by atoms with Crippen LogP contribution >= 0.6 is 0 Å². The van der Waals surface area contributed by atoms with E-state index in [4.69, 9.17) is 0 Å². The molecule has 474 valence electrons. The normalized spacial score (nSPS) is 11.9. The Kier molecular flexibility index (Phi) is 64.9. The fourth-order valence-electron chi connectivity index (χ4n) is 13.7. The van der Waals surface area contributed by atoms with E-state index in [2.05, 4.69) is 51.1 Å². The van der Waals surface area contributed by atoms with Gasteiger partial charge >= 0.3 is 0 Å². The van der Waals surface area contributed by atoms with Crippen LogP contribution in [0, 0.1) is 0 Å². The van der Waals surface area contributed by atoms with Gasteiger partial charge in [-0.15, -0.1) is 0 Å². The maximum Gasteiger partial charge on any atom is 0.0786 e. The molecule has 0 amide bonds. The SMILES string of the molecule is CCCCCCCCCCCCCCCCCC[N+](CCCCCCCCCCCCCCCCCC)(CCCCCCCCCCCCCCCCCC)CCCCCCCCCCCCCCCCCCCc1ccccc1. The van der Waals surface area contributed by atoms with Gasteiger partial charge in [-0.2, -0.15) is 0 Å². The zero-order chi connectivity index (χ0) is 57.1. The van der Waals surface area contributed by atoms with Crippen LogP contribution in [0.5, 0.6) is 0 Å². The lowest BCUT2D eigenvalue weighted by atomic mass is 10.0. The third-order valence-corrected chi connectivity index (χ3v) is 19.4. The molecular weight excluding hydrogens is 963 g/mol. The van der Waals surface area contributed by atoms with Gasteiger partial charge in [0.2, 0.25) is 0 Å². The van der Waals surface area contributed by atoms with Gasteiger partial charge in [-0.05, 0) is 69.8 Å². The Morgan fingerprint density at radius 3 is 0.500 bits per heavy atom. The number of nitrogens with zero attached hydrogens (tertiary/aromatic N) is 1. The molecule has 1 heteroatoms. The van der Waals surface area contributed by atoms with Gasteiger partial charge in [0, 0.05) is 0 Å². The minimum atomic E-state index is 1.26. The lowest BCUT2D eigenvalue weighted by molar-refractivity contribution is -0.929. The molecule has 1 nitrogen and oxygen atoms in total. The number of quaternary nitrogens is 1. The predicted octanol–water partition coefficient (Wildman–Crippen LogP) is 28.5. The highest BCUT2D eigenvalue weighted by Crippen LogP contribution is 2.24. The highest BCUT2D eigenvalue weighted by molar-refractivity contribution is 5.14. The zero-order valence-electron chi connectivity index (χ0n) is 56.3. The summed E-state index contributed by atoms with van der Waals surface area (Å²) in [7, 11) is 0. The monoisotopic (exact) mass is 1120 g/mol. The van der Waals surface area contributed by atoms with Gasteiger partial charge in [-0.1, -0.05) is 411 Å². The Balaban J connectivity index is 2.53. The summed E-state index contributed by atoms with van der Waals surface area (Å²) in [5.41, 5.74) is 1.51. The number of unbranched alkanes of at least 4 members (excludes halogenated alkanes) is 61. The summed E-state index contributed by atoms with van der Waals surface area (Å²) in [5.74, 6) is 0. The van der Waals surface area contributed by atoms with Gasteiger partial charge in [-0.25, -0.2) is 0 Å². The molecule has 0 N–H and O–H groups in total. The summed E-state index contributed by atoms with van der Waals surface area (Å²) in [6.07, 6.45) is 97.1. The zero-order valence-corrected chi connectivity index (χ0v) is 56.3. The topological polar surface area (TPSA) is 0 Å². The molecule has 0 aliphatic carbocycles. The van der Waals surface area contributed by atoms with Gasteiger partial charge in [0.15, 0.2) is 0 Å². The van der Waals surface area contributed by atoms with Crippen molar-refractivity contribution in [1.29, 1.82) is 0 Å². The molecule has 0 saturated heterocycles. The fraction of sp³-hybridized carbons (Fsp3) is 0.924.